The highest BCUT2D eigenvalue weighted by molar-refractivity contribution is 5.95. The number of nitrogens with zero attached hydrogens (tertiary/aromatic N) is 2. The summed E-state index contributed by atoms with van der Waals surface area (Å²) in [5.74, 6) is 0.654. The molecule has 1 atom stereocenters. The summed E-state index contributed by atoms with van der Waals surface area (Å²) in [6, 6.07) is 5.80. The number of ether oxygens (including phenoxy) is 1. The summed E-state index contributed by atoms with van der Waals surface area (Å²) >= 11 is 0. The Morgan fingerprint density at radius 1 is 1.33 bits per heavy atom. The minimum absolute atomic E-state index is 0.0492. The van der Waals surface area contributed by atoms with E-state index in [9.17, 15) is 4.79 Å². The van der Waals surface area contributed by atoms with Crippen LogP contribution in [0.4, 0.5) is 5.69 Å². The average Bonchev–Trinajstić information content (AvgIpc) is 2.53. The van der Waals surface area contributed by atoms with Crippen molar-refractivity contribution in [3.05, 3.63) is 23.8 Å². The Hall–Kier alpha value is -1.75. The van der Waals surface area contributed by atoms with E-state index in [1.54, 1.807) is 25.3 Å². The van der Waals surface area contributed by atoms with Crippen molar-refractivity contribution in [3.63, 3.8) is 0 Å². The van der Waals surface area contributed by atoms with Crippen molar-refractivity contribution in [2.75, 3.05) is 39.0 Å². The number of anilines is 1. The Morgan fingerprint density at radius 3 is 2.52 bits per heavy atom. The molecule has 1 amide bonds. The zero-order valence-electron chi connectivity index (χ0n) is 13.1. The molecule has 1 fully saturated rings. The summed E-state index contributed by atoms with van der Waals surface area (Å²) in [7, 11) is 1.57. The minimum atomic E-state index is 0.0492. The van der Waals surface area contributed by atoms with Crippen molar-refractivity contribution in [1.29, 1.82) is 0 Å². The summed E-state index contributed by atoms with van der Waals surface area (Å²) in [5.41, 5.74) is 7.01. The van der Waals surface area contributed by atoms with Gasteiger partial charge in [-0.1, -0.05) is 6.92 Å². The number of carbonyl (C=O) groups is 1. The number of nitrogens with two attached hydrogens (primary N) is 1. The summed E-state index contributed by atoms with van der Waals surface area (Å²) in [6.45, 7) is 7.85. The Labute approximate surface area is 126 Å². The highest BCUT2D eigenvalue weighted by Crippen LogP contribution is 2.23. The van der Waals surface area contributed by atoms with E-state index >= 15 is 0 Å². The Balaban J connectivity index is 2.00. The first-order valence-corrected chi connectivity index (χ1v) is 7.53. The molecular formula is C16H25N3O2. The summed E-state index contributed by atoms with van der Waals surface area (Å²) in [4.78, 5) is 16.8. The van der Waals surface area contributed by atoms with Crippen LogP contribution in [0.25, 0.3) is 0 Å². The van der Waals surface area contributed by atoms with Crippen LogP contribution in [0.15, 0.2) is 18.2 Å². The molecule has 1 heterocycles. The van der Waals surface area contributed by atoms with Gasteiger partial charge in [-0.3, -0.25) is 9.69 Å². The van der Waals surface area contributed by atoms with E-state index in [0.29, 0.717) is 23.0 Å². The molecule has 2 rings (SSSR count). The van der Waals surface area contributed by atoms with E-state index < -0.39 is 0 Å². The van der Waals surface area contributed by atoms with Gasteiger partial charge >= 0.3 is 0 Å². The van der Waals surface area contributed by atoms with Crippen molar-refractivity contribution in [2.45, 2.75) is 26.3 Å². The van der Waals surface area contributed by atoms with Crippen molar-refractivity contribution in [2.24, 2.45) is 0 Å². The fraction of sp³-hybridized carbons (Fsp3) is 0.562. The van der Waals surface area contributed by atoms with Gasteiger partial charge in [-0.25, -0.2) is 0 Å². The molecule has 116 valence electrons. The standard InChI is InChI=1S/C16H25N3O2/c1-4-12(2)18-7-9-19(10-8-18)16(20)13-5-6-15(21-3)14(17)11-13/h5-6,11-12H,4,7-10,17H2,1-3H3. The van der Waals surface area contributed by atoms with E-state index in [4.69, 9.17) is 10.5 Å². The number of amides is 1. The number of benzene rings is 1. The third-order valence-corrected chi connectivity index (χ3v) is 4.29. The SMILES string of the molecule is CCC(C)N1CCN(C(=O)c2ccc(OC)c(N)c2)CC1. The van der Waals surface area contributed by atoms with Crippen molar-refractivity contribution in [3.8, 4) is 5.75 Å². The topological polar surface area (TPSA) is 58.8 Å². The van der Waals surface area contributed by atoms with Crippen LogP contribution in [0.5, 0.6) is 5.75 Å². The lowest BCUT2D eigenvalue weighted by molar-refractivity contribution is 0.0579. The van der Waals surface area contributed by atoms with Gasteiger partial charge < -0.3 is 15.4 Å². The number of hydrogen-bond acceptors (Lipinski definition) is 4. The van der Waals surface area contributed by atoms with Gasteiger partial charge in [0.1, 0.15) is 5.75 Å². The van der Waals surface area contributed by atoms with Crippen LogP contribution < -0.4 is 10.5 Å². The lowest BCUT2D eigenvalue weighted by atomic mass is 10.1. The molecule has 5 heteroatoms. The van der Waals surface area contributed by atoms with Crippen LogP contribution in [0.3, 0.4) is 0 Å². The predicted octanol–water partition coefficient (Wildman–Crippen LogP) is 1.83. The molecule has 1 aliphatic rings. The number of piperazine rings is 1. The van der Waals surface area contributed by atoms with Crippen molar-refractivity contribution < 1.29 is 9.53 Å². The minimum Gasteiger partial charge on any atom is -0.495 e. The van der Waals surface area contributed by atoms with Crippen molar-refractivity contribution >= 4 is 11.6 Å². The molecular weight excluding hydrogens is 266 g/mol. The third-order valence-electron chi connectivity index (χ3n) is 4.29. The second kappa shape index (κ2) is 6.80. The van der Waals surface area contributed by atoms with Crippen LogP contribution in [-0.4, -0.2) is 55.0 Å². The maximum Gasteiger partial charge on any atom is 0.254 e. The van der Waals surface area contributed by atoms with Gasteiger partial charge in [0, 0.05) is 37.8 Å². The summed E-state index contributed by atoms with van der Waals surface area (Å²) in [5, 5.41) is 0. The zero-order valence-corrected chi connectivity index (χ0v) is 13.1. The number of carbonyl (C=O) groups excluding carboxylic acids is 1. The second-order valence-corrected chi connectivity index (χ2v) is 5.54. The normalized spacial score (nSPS) is 17.6. The monoisotopic (exact) mass is 291 g/mol. The highest BCUT2D eigenvalue weighted by atomic mass is 16.5. The fourth-order valence-electron chi connectivity index (χ4n) is 2.67. The van der Waals surface area contributed by atoms with Gasteiger partial charge in [-0.05, 0) is 31.5 Å². The molecule has 1 aromatic carbocycles. The van der Waals surface area contributed by atoms with Gasteiger partial charge in [0.15, 0.2) is 0 Å². The molecule has 0 radical (unpaired) electrons. The molecule has 21 heavy (non-hydrogen) atoms. The van der Waals surface area contributed by atoms with E-state index in [1.807, 2.05) is 4.90 Å². The molecule has 0 aromatic heterocycles. The van der Waals surface area contributed by atoms with E-state index in [2.05, 4.69) is 18.7 Å². The van der Waals surface area contributed by atoms with E-state index in [1.165, 1.54) is 0 Å². The Morgan fingerprint density at radius 2 is 2.00 bits per heavy atom. The van der Waals surface area contributed by atoms with Gasteiger partial charge in [-0.2, -0.15) is 0 Å². The lowest BCUT2D eigenvalue weighted by Crippen LogP contribution is -2.51. The maximum absolute atomic E-state index is 12.5. The van der Waals surface area contributed by atoms with E-state index in [-0.39, 0.29) is 5.91 Å². The Bertz CT molecular complexity index is 496. The van der Waals surface area contributed by atoms with E-state index in [0.717, 1.165) is 32.6 Å². The number of hydrogen-bond donors (Lipinski definition) is 1. The van der Waals surface area contributed by atoms with Crippen molar-refractivity contribution in [1.82, 2.24) is 9.80 Å². The van der Waals surface area contributed by atoms with Gasteiger partial charge in [0.25, 0.3) is 5.91 Å². The highest BCUT2D eigenvalue weighted by Gasteiger charge is 2.24. The molecule has 5 nitrogen and oxygen atoms in total. The van der Waals surface area contributed by atoms with Crippen LogP contribution >= 0.6 is 0 Å². The fourth-order valence-corrected chi connectivity index (χ4v) is 2.67. The average molecular weight is 291 g/mol. The zero-order chi connectivity index (χ0) is 15.4. The first kappa shape index (κ1) is 15.6. The number of nitrogen functional groups attached to an aromatic ring is 1. The summed E-state index contributed by atoms with van der Waals surface area (Å²) in [6.07, 6.45) is 1.14. The summed E-state index contributed by atoms with van der Waals surface area (Å²) < 4.78 is 5.12. The molecule has 1 aliphatic heterocycles. The van der Waals surface area contributed by atoms with Crippen LogP contribution in [0.2, 0.25) is 0 Å². The first-order valence-electron chi connectivity index (χ1n) is 7.53. The largest absolute Gasteiger partial charge is 0.495 e. The molecule has 0 aliphatic carbocycles. The lowest BCUT2D eigenvalue weighted by Gasteiger charge is -2.37. The third kappa shape index (κ3) is 3.47. The molecule has 1 aromatic rings. The smallest absolute Gasteiger partial charge is 0.254 e. The molecule has 1 saturated heterocycles. The molecule has 2 N–H and O–H groups in total. The molecule has 0 bridgehead atoms. The van der Waals surface area contributed by atoms with Gasteiger partial charge in [0.05, 0.1) is 12.8 Å². The van der Waals surface area contributed by atoms with Gasteiger partial charge in [-0.15, -0.1) is 0 Å². The number of methoxy groups -OCH3 is 1. The van der Waals surface area contributed by atoms with Crippen LogP contribution in [0.1, 0.15) is 30.6 Å². The van der Waals surface area contributed by atoms with Crippen LogP contribution in [0, 0.1) is 0 Å². The molecule has 1 unspecified atom stereocenters. The van der Waals surface area contributed by atoms with Crippen LogP contribution in [-0.2, 0) is 0 Å². The second-order valence-electron chi connectivity index (χ2n) is 5.54. The van der Waals surface area contributed by atoms with Gasteiger partial charge in [0.2, 0.25) is 0 Å². The molecule has 0 saturated carbocycles. The number of rotatable bonds is 4. The first-order chi connectivity index (χ1) is 10.1. The predicted molar refractivity (Wildman–Crippen MR) is 84.6 cm³/mol. The quantitative estimate of drug-likeness (QED) is 0.860. The maximum atomic E-state index is 12.5. The molecule has 0 spiro atoms. The Kier molecular flexibility index (Phi) is 5.07.